The van der Waals surface area contributed by atoms with E-state index in [0.717, 1.165) is 44.6 Å². The molecule has 0 saturated carbocycles. The van der Waals surface area contributed by atoms with Crippen LogP contribution in [-0.2, 0) is 11.3 Å². The Morgan fingerprint density at radius 3 is 2.89 bits per heavy atom. The van der Waals surface area contributed by atoms with E-state index in [9.17, 15) is 0 Å². The van der Waals surface area contributed by atoms with Gasteiger partial charge in [-0.15, -0.1) is 11.3 Å². The van der Waals surface area contributed by atoms with Gasteiger partial charge in [-0.1, -0.05) is 0 Å². The van der Waals surface area contributed by atoms with Crippen molar-refractivity contribution in [1.82, 2.24) is 9.88 Å². The van der Waals surface area contributed by atoms with Crippen LogP contribution in [-0.4, -0.2) is 47.4 Å². The van der Waals surface area contributed by atoms with Gasteiger partial charge in [0, 0.05) is 37.4 Å². The van der Waals surface area contributed by atoms with Crippen LogP contribution in [0.3, 0.4) is 0 Å². The molecule has 1 aliphatic heterocycles. The van der Waals surface area contributed by atoms with Gasteiger partial charge in [0.05, 0.1) is 12.6 Å². The molecule has 0 radical (unpaired) electrons. The molecular formula is C13H22N2O2S. The molecule has 1 fully saturated rings. The van der Waals surface area contributed by atoms with Gasteiger partial charge in [-0.25, -0.2) is 4.98 Å². The molecule has 1 aromatic heterocycles. The van der Waals surface area contributed by atoms with Crippen molar-refractivity contribution in [2.45, 2.75) is 38.8 Å². The van der Waals surface area contributed by atoms with Gasteiger partial charge in [0.15, 0.2) is 0 Å². The maximum atomic E-state index is 8.71. The zero-order valence-electron chi connectivity index (χ0n) is 11.0. The molecule has 0 bridgehead atoms. The third-order valence-electron chi connectivity index (χ3n) is 3.22. The normalized spacial score (nSPS) is 18.3. The summed E-state index contributed by atoms with van der Waals surface area (Å²) in [5.41, 5.74) is 1.12. The second-order valence-electron chi connectivity index (χ2n) is 4.81. The minimum absolute atomic E-state index is 0.224. The SMILES string of the molecule is Cc1csc(CN2CCC(OCCCO)CC2)n1. The summed E-state index contributed by atoms with van der Waals surface area (Å²) in [5, 5.41) is 12.0. The lowest BCUT2D eigenvalue weighted by Crippen LogP contribution is -2.36. The number of nitrogens with zero attached hydrogens (tertiary/aromatic N) is 2. The number of aromatic nitrogens is 1. The molecule has 1 saturated heterocycles. The van der Waals surface area contributed by atoms with E-state index in [-0.39, 0.29) is 6.61 Å². The van der Waals surface area contributed by atoms with Gasteiger partial charge in [-0.05, 0) is 26.2 Å². The Labute approximate surface area is 113 Å². The van der Waals surface area contributed by atoms with Crippen molar-refractivity contribution in [2.75, 3.05) is 26.3 Å². The summed E-state index contributed by atoms with van der Waals surface area (Å²) in [7, 11) is 0. The number of aryl methyl sites for hydroxylation is 1. The quantitative estimate of drug-likeness (QED) is 0.801. The average molecular weight is 270 g/mol. The molecule has 5 heteroatoms. The summed E-state index contributed by atoms with van der Waals surface area (Å²) in [6.45, 7) is 6.10. The maximum Gasteiger partial charge on any atom is 0.107 e. The first kappa shape index (κ1) is 13.9. The molecule has 2 heterocycles. The van der Waals surface area contributed by atoms with Gasteiger partial charge < -0.3 is 9.84 Å². The highest BCUT2D eigenvalue weighted by atomic mass is 32.1. The molecule has 0 unspecified atom stereocenters. The average Bonchev–Trinajstić information content (AvgIpc) is 2.77. The highest BCUT2D eigenvalue weighted by molar-refractivity contribution is 7.09. The molecule has 1 aliphatic rings. The van der Waals surface area contributed by atoms with Gasteiger partial charge in [0.1, 0.15) is 5.01 Å². The fourth-order valence-corrected chi connectivity index (χ4v) is 3.03. The molecular weight excluding hydrogens is 248 g/mol. The Bertz CT molecular complexity index is 349. The second-order valence-corrected chi connectivity index (χ2v) is 5.75. The van der Waals surface area contributed by atoms with E-state index in [1.165, 1.54) is 5.01 Å². The van der Waals surface area contributed by atoms with Crippen molar-refractivity contribution in [3.63, 3.8) is 0 Å². The van der Waals surface area contributed by atoms with E-state index in [1.807, 2.05) is 6.92 Å². The number of hydrogen-bond donors (Lipinski definition) is 1. The van der Waals surface area contributed by atoms with Crippen molar-refractivity contribution < 1.29 is 9.84 Å². The number of ether oxygens (including phenoxy) is 1. The van der Waals surface area contributed by atoms with Crippen molar-refractivity contribution in [2.24, 2.45) is 0 Å². The lowest BCUT2D eigenvalue weighted by Gasteiger charge is -2.31. The number of hydrogen-bond acceptors (Lipinski definition) is 5. The van der Waals surface area contributed by atoms with Gasteiger partial charge in [0.2, 0.25) is 0 Å². The van der Waals surface area contributed by atoms with Crippen LogP contribution in [0, 0.1) is 6.92 Å². The highest BCUT2D eigenvalue weighted by Gasteiger charge is 2.20. The molecule has 1 aromatic rings. The van der Waals surface area contributed by atoms with Gasteiger partial charge in [-0.2, -0.15) is 0 Å². The number of likely N-dealkylation sites (tertiary alicyclic amines) is 1. The summed E-state index contributed by atoms with van der Waals surface area (Å²) >= 11 is 1.75. The smallest absolute Gasteiger partial charge is 0.107 e. The standard InChI is InChI=1S/C13H22N2O2S/c1-11-10-18-13(14-11)9-15-5-3-12(4-6-15)17-8-2-7-16/h10,12,16H,2-9H2,1H3. The van der Waals surface area contributed by atoms with E-state index >= 15 is 0 Å². The van der Waals surface area contributed by atoms with Crippen molar-refractivity contribution >= 4 is 11.3 Å². The van der Waals surface area contributed by atoms with E-state index in [0.29, 0.717) is 12.7 Å². The molecule has 0 spiro atoms. The monoisotopic (exact) mass is 270 g/mol. The molecule has 0 atom stereocenters. The van der Waals surface area contributed by atoms with E-state index in [2.05, 4.69) is 15.3 Å². The van der Waals surface area contributed by atoms with Crippen LogP contribution < -0.4 is 0 Å². The summed E-state index contributed by atoms with van der Waals surface area (Å²) in [6.07, 6.45) is 3.32. The van der Waals surface area contributed by atoms with Gasteiger partial charge in [0.25, 0.3) is 0 Å². The first-order valence-electron chi connectivity index (χ1n) is 6.64. The summed E-state index contributed by atoms with van der Waals surface area (Å²) in [5.74, 6) is 0. The molecule has 0 aromatic carbocycles. The number of piperidine rings is 1. The Balaban J connectivity index is 1.67. The van der Waals surface area contributed by atoms with Crippen LogP contribution in [0.25, 0.3) is 0 Å². The Morgan fingerprint density at radius 2 is 2.28 bits per heavy atom. The molecule has 0 amide bonds. The third-order valence-corrected chi connectivity index (χ3v) is 4.17. The van der Waals surface area contributed by atoms with E-state index in [1.54, 1.807) is 11.3 Å². The lowest BCUT2D eigenvalue weighted by molar-refractivity contribution is 0.000771. The largest absolute Gasteiger partial charge is 0.396 e. The lowest BCUT2D eigenvalue weighted by atomic mass is 10.1. The number of rotatable bonds is 6. The van der Waals surface area contributed by atoms with Gasteiger partial charge >= 0.3 is 0 Å². The number of thiazole rings is 1. The number of aliphatic hydroxyl groups is 1. The summed E-state index contributed by atoms with van der Waals surface area (Å²) in [4.78, 5) is 6.95. The summed E-state index contributed by atoms with van der Waals surface area (Å²) < 4.78 is 5.73. The minimum atomic E-state index is 0.224. The van der Waals surface area contributed by atoms with Crippen LogP contribution in [0.5, 0.6) is 0 Å². The Kier molecular flexibility index (Phi) is 5.56. The Hall–Kier alpha value is -0.490. The van der Waals surface area contributed by atoms with Crippen LogP contribution in [0.4, 0.5) is 0 Å². The first-order valence-corrected chi connectivity index (χ1v) is 7.51. The first-order chi connectivity index (χ1) is 8.78. The van der Waals surface area contributed by atoms with E-state index in [4.69, 9.17) is 9.84 Å². The zero-order chi connectivity index (χ0) is 12.8. The number of aliphatic hydroxyl groups excluding tert-OH is 1. The fraction of sp³-hybridized carbons (Fsp3) is 0.769. The third kappa shape index (κ3) is 4.31. The Morgan fingerprint density at radius 1 is 1.50 bits per heavy atom. The molecule has 2 rings (SSSR count). The molecule has 1 N–H and O–H groups in total. The molecule has 18 heavy (non-hydrogen) atoms. The van der Waals surface area contributed by atoms with Gasteiger partial charge in [-0.3, -0.25) is 4.90 Å². The van der Waals surface area contributed by atoms with Crippen molar-refractivity contribution in [3.05, 3.63) is 16.1 Å². The molecule has 102 valence electrons. The molecule has 0 aliphatic carbocycles. The van der Waals surface area contributed by atoms with Crippen molar-refractivity contribution in [1.29, 1.82) is 0 Å². The van der Waals surface area contributed by atoms with Crippen LogP contribution in [0.1, 0.15) is 30.0 Å². The predicted molar refractivity (Wildman–Crippen MR) is 72.8 cm³/mol. The topological polar surface area (TPSA) is 45.6 Å². The fourth-order valence-electron chi connectivity index (χ4n) is 2.22. The predicted octanol–water partition coefficient (Wildman–Crippen LogP) is 1.81. The van der Waals surface area contributed by atoms with E-state index < -0.39 is 0 Å². The van der Waals surface area contributed by atoms with Crippen LogP contribution in [0.2, 0.25) is 0 Å². The van der Waals surface area contributed by atoms with Crippen LogP contribution in [0.15, 0.2) is 5.38 Å². The zero-order valence-corrected chi connectivity index (χ0v) is 11.8. The molecule has 4 nitrogen and oxygen atoms in total. The highest BCUT2D eigenvalue weighted by Crippen LogP contribution is 2.18. The second kappa shape index (κ2) is 7.19. The van der Waals surface area contributed by atoms with Crippen molar-refractivity contribution in [3.8, 4) is 0 Å². The summed E-state index contributed by atoms with van der Waals surface area (Å²) in [6, 6.07) is 0. The minimum Gasteiger partial charge on any atom is -0.396 e. The maximum absolute atomic E-state index is 8.71. The van der Waals surface area contributed by atoms with Crippen LogP contribution >= 0.6 is 11.3 Å².